The van der Waals surface area contributed by atoms with Crippen LogP contribution in [0.1, 0.15) is 43.4 Å². The van der Waals surface area contributed by atoms with Crippen molar-refractivity contribution in [1.29, 1.82) is 0 Å². The maximum Gasteiger partial charge on any atom is 0.410 e. The molecule has 1 unspecified atom stereocenters. The van der Waals surface area contributed by atoms with Crippen LogP contribution in [0.2, 0.25) is 0 Å². The highest BCUT2D eigenvalue weighted by Crippen LogP contribution is 2.32. The van der Waals surface area contributed by atoms with Gasteiger partial charge in [0.05, 0.1) is 11.1 Å². The number of amides is 1. The molecule has 0 N–H and O–H groups in total. The second-order valence-corrected chi connectivity index (χ2v) is 7.39. The molecule has 25 heavy (non-hydrogen) atoms. The number of pyridine rings is 1. The molecular formula is C20H24N2O2S. The summed E-state index contributed by atoms with van der Waals surface area (Å²) in [7, 11) is 0. The van der Waals surface area contributed by atoms with Gasteiger partial charge in [-0.3, -0.25) is 0 Å². The van der Waals surface area contributed by atoms with Gasteiger partial charge in [0, 0.05) is 12.7 Å². The van der Waals surface area contributed by atoms with Gasteiger partial charge in [-0.2, -0.15) is 0 Å². The van der Waals surface area contributed by atoms with Gasteiger partial charge in [-0.15, -0.1) is 11.8 Å². The number of rotatable bonds is 5. The van der Waals surface area contributed by atoms with Crippen molar-refractivity contribution in [2.45, 2.75) is 43.9 Å². The molecule has 5 heteroatoms. The molecule has 0 radical (unpaired) electrons. The lowest BCUT2D eigenvalue weighted by Crippen LogP contribution is -2.38. The number of hydrogen-bond donors (Lipinski definition) is 0. The Kier molecular flexibility index (Phi) is 6.34. The quantitative estimate of drug-likeness (QED) is 0.703. The smallest absolute Gasteiger partial charge is 0.410 e. The van der Waals surface area contributed by atoms with Gasteiger partial charge in [-0.1, -0.05) is 43.3 Å². The lowest BCUT2D eigenvalue weighted by atomic mass is 9.97. The second-order valence-electron chi connectivity index (χ2n) is 6.11. The summed E-state index contributed by atoms with van der Waals surface area (Å²) in [6, 6.07) is 14.0. The Morgan fingerprint density at radius 2 is 2.08 bits per heavy atom. The largest absolute Gasteiger partial charge is 0.445 e. The van der Waals surface area contributed by atoms with Crippen molar-refractivity contribution in [2.24, 2.45) is 0 Å². The first-order valence-corrected chi connectivity index (χ1v) is 9.82. The summed E-state index contributed by atoms with van der Waals surface area (Å²) in [4.78, 5) is 19.0. The van der Waals surface area contributed by atoms with Crippen LogP contribution in [-0.4, -0.2) is 28.3 Å². The molecule has 1 atom stereocenters. The summed E-state index contributed by atoms with van der Waals surface area (Å²) in [5.74, 6) is 1.01. The maximum atomic E-state index is 12.6. The van der Waals surface area contributed by atoms with Crippen molar-refractivity contribution in [2.75, 3.05) is 12.3 Å². The van der Waals surface area contributed by atoms with E-state index < -0.39 is 0 Å². The highest BCUT2D eigenvalue weighted by molar-refractivity contribution is 7.99. The summed E-state index contributed by atoms with van der Waals surface area (Å²) in [6.45, 7) is 3.17. The average Bonchev–Trinajstić information content (AvgIpc) is 2.68. The van der Waals surface area contributed by atoms with Crippen molar-refractivity contribution >= 4 is 17.9 Å². The second kappa shape index (κ2) is 8.90. The molecule has 2 heterocycles. The maximum absolute atomic E-state index is 12.6. The number of hydrogen-bond acceptors (Lipinski definition) is 4. The number of thioether (sulfide) groups is 1. The molecule has 132 valence electrons. The first-order chi connectivity index (χ1) is 12.3. The van der Waals surface area contributed by atoms with Crippen LogP contribution in [0.4, 0.5) is 4.79 Å². The van der Waals surface area contributed by atoms with Crippen LogP contribution in [0.25, 0.3) is 0 Å². The van der Waals surface area contributed by atoms with Crippen LogP contribution in [-0.2, 0) is 11.3 Å². The molecule has 1 fully saturated rings. The van der Waals surface area contributed by atoms with Gasteiger partial charge in [-0.25, -0.2) is 9.78 Å². The van der Waals surface area contributed by atoms with E-state index in [1.807, 2.05) is 47.5 Å². The van der Waals surface area contributed by atoms with Gasteiger partial charge in [0.2, 0.25) is 0 Å². The van der Waals surface area contributed by atoms with Gasteiger partial charge >= 0.3 is 6.09 Å². The van der Waals surface area contributed by atoms with E-state index in [0.29, 0.717) is 6.61 Å². The molecule has 1 amide bonds. The van der Waals surface area contributed by atoms with Gasteiger partial charge < -0.3 is 9.64 Å². The summed E-state index contributed by atoms with van der Waals surface area (Å²) in [5, 5.41) is 1.03. The SMILES string of the molecule is CCSc1ccc(C2CCCCN2C(=O)OCc2ccccc2)cn1. The molecule has 2 aromatic rings. The lowest BCUT2D eigenvalue weighted by molar-refractivity contribution is 0.0678. The first-order valence-electron chi connectivity index (χ1n) is 8.84. The van der Waals surface area contributed by atoms with Gasteiger partial charge in [0.1, 0.15) is 6.61 Å². The summed E-state index contributed by atoms with van der Waals surface area (Å²) in [6.07, 6.45) is 4.78. The fraction of sp³-hybridized carbons (Fsp3) is 0.400. The number of carbonyl (C=O) groups is 1. The lowest BCUT2D eigenvalue weighted by Gasteiger charge is -2.35. The molecule has 1 aliphatic rings. The summed E-state index contributed by atoms with van der Waals surface area (Å²) >= 11 is 1.73. The van der Waals surface area contributed by atoms with Crippen molar-refractivity contribution in [3.8, 4) is 0 Å². The van der Waals surface area contributed by atoms with Crippen LogP contribution in [0.5, 0.6) is 0 Å². The predicted molar refractivity (Wildman–Crippen MR) is 101 cm³/mol. The fourth-order valence-corrected chi connectivity index (χ4v) is 3.71. The standard InChI is InChI=1S/C20H24N2O2S/c1-2-25-19-12-11-17(14-21-19)18-10-6-7-13-22(18)20(23)24-15-16-8-4-3-5-9-16/h3-5,8-9,11-12,14,18H,2,6-7,10,13,15H2,1H3. The van der Waals surface area contributed by atoms with Crippen LogP contribution in [0.15, 0.2) is 53.7 Å². The Hall–Kier alpha value is -2.01. The molecule has 0 saturated carbocycles. The van der Waals surface area contributed by atoms with E-state index in [4.69, 9.17) is 4.74 Å². The molecule has 1 aromatic carbocycles. The van der Waals surface area contributed by atoms with E-state index in [-0.39, 0.29) is 12.1 Å². The Balaban J connectivity index is 1.66. The molecule has 1 saturated heterocycles. The highest BCUT2D eigenvalue weighted by atomic mass is 32.2. The molecule has 1 aliphatic heterocycles. The molecule has 1 aromatic heterocycles. The van der Waals surface area contributed by atoms with Crippen LogP contribution >= 0.6 is 11.8 Å². The summed E-state index contributed by atoms with van der Waals surface area (Å²) < 4.78 is 5.54. The van der Waals surface area contributed by atoms with Crippen molar-refractivity contribution < 1.29 is 9.53 Å². The number of carbonyl (C=O) groups excluding carboxylic acids is 1. The number of aromatic nitrogens is 1. The Morgan fingerprint density at radius 3 is 2.80 bits per heavy atom. The molecular weight excluding hydrogens is 332 g/mol. The predicted octanol–water partition coefficient (Wildman–Crippen LogP) is 5.06. The minimum Gasteiger partial charge on any atom is -0.445 e. The Morgan fingerprint density at radius 1 is 1.24 bits per heavy atom. The average molecular weight is 356 g/mol. The van der Waals surface area contributed by atoms with E-state index in [1.165, 1.54) is 0 Å². The van der Waals surface area contributed by atoms with Gasteiger partial charge in [-0.05, 0) is 42.2 Å². The topological polar surface area (TPSA) is 42.4 Å². The Bertz CT molecular complexity index is 676. The third-order valence-electron chi connectivity index (χ3n) is 4.38. The molecule has 4 nitrogen and oxygen atoms in total. The zero-order valence-electron chi connectivity index (χ0n) is 14.6. The van der Waals surface area contributed by atoms with Crippen LogP contribution < -0.4 is 0 Å². The van der Waals surface area contributed by atoms with E-state index >= 15 is 0 Å². The molecule has 3 rings (SSSR count). The number of piperidine rings is 1. The van der Waals surface area contributed by atoms with Gasteiger partial charge in [0.15, 0.2) is 0 Å². The highest BCUT2D eigenvalue weighted by Gasteiger charge is 2.29. The third-order valence-corrected chi connectivity index (χ3v) is 5.20. The first kappa shape index (κ1) is 17.8. The fourth-order valence-electron chi connectivity index (χ4n) is 3.12. The van der Waals surface area contributed by atoms with E-state index in [9.17, 15) is 4.79 Å². The van der Waals surface area contributed by atoms with E-state index in [0.717, 1.165) is 47.7 Å². The summed E-state index contributed by atoms with van der Waals surface area (Å²) in [5.41, 5.74) is 2.10. The van der Waals surface area contributed by atoms with Crippen LogP contribution in [0.3, 0.4) is 0 Å². The molecule has 0 bridgehead atoms. The minimum absolute atomic E-state index is 0.0604. The van der Waals surface area contributed by atoms with E-state index in [1.54, 1.807) is 11.8 Å². The van der Waals surface area contributed by atoms with Gasteiger partial charge in [0.25, 0.3) is 0 Å². The normalized spacial score (nSPS) is 17.3. The number of benzene rings is 1. The number of likely N-dealkylation sites (tertiary alicyclic amines) is 1. The molecule has 0 aliphatic carbocycles. The van der Waals surface area contributed by atoms with Crippen molar-refractivity contribution in [1.82, 2.24) is 9.88 Å². The number of nitrogens with zero attached hydrogens (tertiary/aromatic N) is 2. The number of ether oxygens (including phenoxy) is 1. The van der Waals surface area contributed by atoms with Crippen molar-refractivity contribution in [3.63, 3.8) is 0 Å². The third kappa shape index (κ3) is 4.75. The monoisotopic (exact) mass is 356 g/mol. The Labute approximate surface area is 153 Å². The zero-order valence-corrected chi connectivity index (χ0v) is 15.4. The van der Waals surface area contributed by atoms with Crippen molar-refractivity contribution in [3.05, 3.63) is 59.8 Å². The minimum atomic E-state index is -0.236. The zero-order chi connectivity index (χ0) is 17.5. The molecule has 0 spiro atoms. The van der Waals surface area contributed by atoms with Crippen LogP contribution in [0, 0.1) is 0 Å². The van der Waals surface area contributed by atoms with E-state index in [2.05, 4.69) is 18.0 Å².